The van der Waals surface area contributed by atoms with E-state index in [1.165, 1.54) is 22.5 Å². The minimum atomic E-state index is 0.775. The van der Waals surface area contributed by atoms with Gasteiger partial charge in [-0.3, -0.25) is 9.97 Å². The molecular formula is C23H29N5. The minimum Gasteiger partial charge on any atom is -0.379 e. The van der Waals surface area contributed by atoms with Gasteiger partial charge in [-0.05, 0) is 43.7 Å². The SMILES string of the molecule is CCN1CCN(C2=CCC(C)=CC=C2NCc2ccc3nccnc3c2)CC1. The second-order valence-corrected chi connectivity index (χ2v) is 7.54. The average molecular weight is 376 g/mol. The first-order chi connectivity index (χ1) is 13.7. The molecule has 1 aromatic carbocycles. The number of nitrogens with one attached hydrogen (secondary N) is 1. The van der Waals surface area contributed by atoms with Crippen LogP contribution in [0.2, 0.25) is 0 Å². The largest absolute Gasteiger partial charge is 0.379 e. The van der Waals surface area contributed by atoms with Crippen LogP contribution in [0.25, 0.3) is 11.0 Å². The molecule has 1 aliphatic heterocycles. The Balaban J connectivity index is 1.49. The Morgan fingerprint density at radius 2 is 1.79 bits per heavy atom. The van der Waals surface area contributed by atoms with Crippen molar-refractivity contribution in [2.24, 2.45) is 0 Å². The van der Waals surface area contributed by atoms with E-state index in [4.69, 9.17) is 0 Å². The van der Waals surface area contributed by atoms with Gasteiger partial charge in [-0.25, -0.2) is 0 Å². The Morgan fingerprint density at radius 3 is 2.57 bits per heavy atom. The molecule has 1 aliphatic carbocycles. The van der Waals surface area contributed by atoms with Crippen LogP contribution in [0.3, 0.4) is 0 Å². The molecule has 0 spiro atoms. The van der Waals surface area contributed by atoms with Gasteiger partial charge in [-0.2, -0.15) is 0 Å². The lowest BCUT2D eigenvalue weighted by Crippen LogP contribution is -2.46. The molecule has 1 aromatic heterocycles. The molecule has 1 N–H and O–H groups in total. The maximum absolute atomic E-state index is 4.43. The van der Waals surface area contributed by atoms with Crippen molar-refractivity contribution in [3.8, 4) is 0 Å². The molecule has 4 rings (SSSR count). The van der Waals surface area contributed by atoms with E-state index in [0.29, 0.717) is 0 Å². The van der Waals surface area contributed by atoms with Gasteiger partial charge in [0.1, 0.15) is 0 Å². The number of hydrogen-bond acceptors (Lipinski definition) is 5. The van der Waals surface area contributed by atoms with Crippen molar-refractivity contribution >= 4 is 11.0 Å². The van der Waals surface area contributed by atoms with Gasteiger partial charge in [0, 0.05) is 45.1 Å². The number of aromatic nitrogens is 2. The lowest BCUT2D eigenvalue weighted by Gasteiger charge is -2.37. The van der Waals surface area contributed by atoms with E-state index < -0.39 is 0 Å². The molecule has 2 aliphatic rings. The van der Waals surface area contributed by atoms with Gasteiger partial charge in [0.25, 0.3) is 0 Å². The summed E-state index contributed by atoms with van der Waals surface area (Å²) >= 11 is 0. The van der Waals surface area contributed by atoms with Crippen LogP contribution in [0.1, 0.15) is 25.8 Å². The van der Waals surface area contributed by atoms with E-state index in [9.17, 15) is 0 Å². The van der Waals surface area contributed by atoms with Gasteiger partial charge in [-0.1, -0.05) is 30.7 Å². The van der Waals surface area contributed by atoms with Crippen molar-refractivity contribution in [3.63, 3.8) is 0 Å². The highest BCUT2D eigenvalue weighted by Crippen LogP contribution is 2.22. The number of benzene rings is 1. The molecule has 0 atom stereocenters. The van der Waals surface area contributed by atoms with Crippen LogP contribution in [-0.4, -0.2) is 52.5 Å². The molecule has 28 heavy (non-hydrogen) atoms. The summed E-state index contributed by atoms with van der Waals surface area (Å²) in [6.45, 7) is 10.8. The number of allylic oxidation sites excluding steroid dienone is 4. The van der Waals surface area contributed by atoms with E-state index in [1.54, 1.807) is 12.4 Å². The molecular weight excluding hydrogens is 346 g/mol. The first-order valence-corrected chi connectivity index (χ1v) is 10.2. The molecule has 2 heterocycles. The highest BCUT2D eigenvalue weighted by Gasteiger charge is 2.20. The fourth-order valence-electron chi connectivity index (χ4n) is 3.82. The summed E-state index contributed by atoms with van der Waals surface area (Å²) in [5.74, 6) is 0. The fourth-order valence-corrected chi connectivity index (χ4v) is 3.82. The number of piperazine rings is 1. The van der Waals surface area contributed by atoms with Crippen molar-refractivity contribution in [2.75, 3.05) is 32.7 Å². The summed E-state index contributed by atoms with van der Waals surface area (Å²) in [5, 5.41) is 3.68. The van der Waals surface area contributed by atoms with Gasteiger partial charge < -0.3 is 15.1 Å². The molecule has 5 nitrogen and oxygen atoms in total. The molecule has 0 bridgehead atoms. The molecule has 0 amide bonds. The number of nitrogens with zero attached hydrogens (tertiary/aromatic N) is 4. The first kappa shape index (κ1) is 18.7. The van der Waals surface area contributed by atoms with E-state index >= 15 is 0 Å². The number of fused-ring (bicyclic) bond motifs is 1. The Hall–Kier alpha value is -2.66. The summed E-state index contributed by atoms with van der Waals surface area (Å²) in [6.07, 6.45) is 11.3. The second kappa shape index (κ2) is 8.57. The number of hydrogen-bond donors (Lipinski definition) is 1. The Labute approximate surface area is 167 Å². The van der Waals surface area contributed by atoms with Crippen molar-refractivity contribution < 1.29 is 0 Å². The molecule has 0 unspecified atom stereocenters. The Morgan fingerprint density at radius 1 is 1.00 bits per heavy atom. The molecule has 1 saturated heterocycles. The zero-order chi connectivity index (χ0) is 19.3. The van der Waals surface area contributed by atoms with Crippen molar-refractivity contribution in [1.82, 2.24) is 25.1 Å². The van der Waals surface area contributed by atoms with Gasteiger partial charge in [-0.15, -0.1) is 0 Å². The van der Waals surface area contributed by atoms with Crippen LogP contribution in [-0.2, 0) is 6.54 Å². The maximum atomic E-state index is 4.43. The normalized spacial score (nSPS) is 18.4. The van der Waals surface area contributed by atoms with E-state index in [0.717, 1.165) is 56.7 Å². The van der Waals surface area contributed by atoms with Crippen LogP contribution >= 0.6 is 0 Å². The monoisotopic (exact) mass is 375 g/mol. The standard InChI is InChI=1S/C23H29N5/c1-3-27-12-14-28(15-13-27)23-9-5-18(2)4-7-21(23)26-17-19-6-8-20-22(16-19)25-11-10-24-20/h4,6-11,16,26H,3,5,12-15,17H2,1-2H3. The summed E-state index contributed by atoms with van der Waals surface area (Å²) in [4.78, 5) is 13.8. The van der Waals surface area contributed by atoms with Crippen molar-refractivity contribution in [2.45, 2.75) is 26.8 Å². The summed E-state index contributed by atoms with van der Waals surface area (Å²) in [7, 11) is 0. The second-order valence-electron chi connectivity index (χ2n) is 7.54. The molecule has 5 heteroatoms. The minimum absolute atomic E-state index is 0.775. The van der Waals surface area contributed by atoms with Crippen LogP contribution in [0, 0.1) is 0 Å². The molecule has 146 valence electrons. The summed E-state index contributed by atoms with van der Waals surface area (Å²) in [5.41, 5.74) is 7.04. The number of rotatable bonds is 5. The highest BCUT2D eigenvalue weighted by molar-refractivity contribution is 5.74. The summed E-state index contributed by atoms with van der Waals surface area (Å²) in [6, 6.07) is 6.30. The number of likely N-dealkylation sites (N-methyl/N-ethyl adjacent to an activating group) is 1. The zero-order valence-electron chi connectivity index (χ0n) is 16.9. The summed E-state index contributed by atoms with van der Waals surface area (Å²) < 4.78 is 0. The third-order valence-corrected chi connectivity index (χ3v) is 5.60. The lowest BCUT2D eigenvalue weighted by molar-refractivity contribution is 0.166. The smallest absolute Gasteiger partial charge is 0.0890 e. The Kier molecular flexibility index (Phi) is 5.72. The predicted octanol–water partition coefficient (Wildman–Crippen LogP) is 3.47. The van der Waals surface area contributed by atoms with Gasteiger partial charge in [0.15, 0.2) is 0 Å². The molecule has 1 fully saturated rings. The van der Waals surface area contributed by atoms with E-state index in [2.05, 4.69) is 69.3 Å². The third-order valence-electron chi connectivity index (χ3n) is 5.60. The zero-order valence-corrected chi connectivity index (χ0v) is 16.9. The van der Waals surface area contributed by atoms with Crippen LogP contribution < -0.4 is 5.32 Å². The molecule has 2 aromatic rings. The van der Waals surface area contributed by atoms with Crippen LogP contribution in [0.5, 0.6) is 0 Å². The maximum Gasteiger partial charge on any atom is 0.0890 e. The quantitative estimate of drug-likeness (QED) is 0.867. The molecule has 0 radical (unpaired) electrons. The highest BCUT2D eigenvalue weighted by atomic mass is 15.3. The van der Waals surface area contributed by atoms with E-state index in [-0.39, 0.29) is 0 Å². The van der Waals surface area contributed by atoms with Crippen molar-refractivity contribution in [1.29, 1.82) is 0 Å². The first-order valence-electron chi connectivity index (χ1n) is 10.2. The van der Waals surface area contributed by atoms with Gasteiger partial charge in [0.05, 0.1) is 22.4 Å². The molecule has 0 saturated carbocycles. The lowest BCUT2D eigenvalue weighted by atomic mass is 10.1. The third kappa shape index (κ3) is 4.25. The Bertz CT molecular complexity index is 919. The van der Waals surface area contributed by atoms with Gasteiger partial charge >= 0.3 is 0 Å². The van der Waals surface area contributed by atoms with E-state index in [1.807, 2.05) is 6.07 Å². The van der Waals surface area contributed by atoms with Crippen molar-refractivity contribution in [3.05, 3.63) is 71.4 Å². The van der Waals surface area contributed by atoms with Crippen LogP contribution in [0.4, 0.5) is 0 Å². The van der Waals surface area contributed by atoms with Crippen LogP contribution in [0.15, 0.2) is 65.8 Å². The predicted molar refractivity (Wildman–Crippen MR) is 115 cm³/mol. The fraction of sp³-hybridized carbons (Fsp3) is 0.391. The van der Waals surface area contributed by atoms with Gasteiger partial charge in [0.2, 0.25) is 0 Å². The topological polar surface area (TPSA) is 44.3 Å². The average Bonchev–Trinajstić information content (AvgIpc) is 2.93.